The molecule has 0 aromatic heterocycles. The molecule has 5 heteroatoms. The lowest BCUT2D eigenvalue weighted by atomic mass is 9.48. The van der Waals surface area contributed by atoms with Crippen LogP contribution in [0.1, 0.15) is 75.6 Å². The minimum absolute atomic E-state index is 0.0469. The molecule has 6 atom stereocenters. The molecule has 0 radical (unpaired) electrons. The Morgan fingerprint density at radius 3 is 2.55 bits per heavy atom. The fraction of sp³-hybridized carbons (Fsp3) is 0.615. The van der Waals surface area contributed by atoms with Crippen LogP contribution in [-0.2, 0) is 4.74 Å². The van der Waals surface area contributed by atoms with E-state index in [1.165, 1.54) is 12.0 Å². The van der Waals surface area contributed by atoms with Crippen molar-refractivity contribution in [2.75, 3.05) is 5.73 Å². The monoisotopic (exact) mass is 422 g/mol. The fourth-order valence-electron chi connectivity index (χ4n) is 7.52. The van der Waals surface area contributed by atoms with Gasteiger partial charge in [0.25, 0.3) is 0 Å². The molecule has 1 aromatic rings. The van der Waals surface area contributed by atoms with Crippen LogP contribution in [-0.4, -0.2) is 23.0 Å². The van der Waals surface area contributed by atoms with E-state index in [4.69, 9.17) is 10.5 Å². The minimum Gasteiger partial charge on any atom is -0.458 e. The van der Waals surface area contributed by atoms with Gasteiger partial charge in [-0.2, -0.15) is 0 Å². The van der Waals surface area contributed by atoms with Gasteiger partial charge in [-0.25, -0.2) is 4.79 Å². The second kappa shape index (κ2) is 7.39. The number of hydrogen-bond donors (Lipinski definition) is 2. The molecule has 0 bridgehead atoms. The quantitative estimate of drug-likeness (QED) is 0.214. The van der Waals surface area contributed by atoms with Crippen LogP contribution in [0.15, 0.2) is 41.1 Å². The number of fused-ring (bicyclic) bond motifs is 5. The smallest absolute Gasteiger partial charge is 0.338 e. The van der Waals surface area contributed by atoms with Gasteiger partial charge in [-0.05, 0) is 92.4 Å². The molecule has 0 saturated heterocycles. The number of rotatable bonds is 2. The molecule has 4 aliphatic carbocycles. The van der Waals surface area contributed by atoms with Crippen LogP contribution in [0, 0.1) is 28.6 Å². The number of carbonyl (C=O) groups excluding carboxylic acids is 1. The Kier molecular flexibility index (Phi) is 4.91. The maximum atomic E-state index is 12.6. The lowest BCUT2D eigenvalue weighted by molar-refractivity contribution is -0.0287. The van der Waals surface area contributed by atoms with Crippen molar-refractivity contribution in [1.82, 2.24) is 0 Å². The van der Waals surface area contributed by atoms with Crippen LogP contribution in [0.3, 0.4) is 0 Å². The van der Waals surface area contributed by atoms with Gasteiger partial charge in [0.1, 0.15) is 6.10 Å². The molecule has 1 aromatic carbocycles. The number of oxime groups is 1. The zero-order chi connectivity index (χ0) is 21.8. The van der Waals surface area contributed by atoms with Crippen molar-refractivity contribution in [1.29, 1.82) is 0 Å². The Balaban J connectivity index is 1.32. The van der Waals surface area contributed by atoms with Crippen LogP contribution in [0.4, 0.5) is 5.69 Å². The summed E-state index contributed by atoms with van der Waals surface area (Å²) in [6.07, 6.45) is 10.8. The average molecular weight is 423 g/mol. The Morgan fingerprint density at radius 2 is 1.81 bits per heavy atom. The first-order valence-electron chi connectivity index (χ1n) is 11.8. The lowest BCUT2D eigenvalue weighted by Crippen LogP contribution is -2.50. The zero-order valence-electron chi connectivity index (χ0n) is 18.6. The Hall–Kier alpha value is -2.30. The number of anilines is 1. The van der Waals surface area contributed by atoms with Crippen LogP contribution in [0.5, 0.6) is 0 Å². The topological polar surface area (TPSA) is 84.9 Å². The summed E-state index contributed by atoms with van der Waals surface area (Å²) in [7, 11) is 0. The molecule has 5 nitrogen and oxygen atoms in total. The van der Waals surface area contributed by atoms with Gasteiger partial charge in [0, 0.05) is 17.5 Å². The van der Waals surface area contributed by atoms with Crippen LogP contribution >= 0.6 is 0 Å². The molecule has 0 amide bonds. The summed E-state index contributed by atoms with van der Waals surface area (Å²) in [5.41, 5.74) is 9.73. The molecule has 3 fully saturated rings. The molecule has 3 unspecified atom stereocenters. The third-order valence-corrected chi connectivity index (χ3v) is 9.34. The van der Waals surface area contributed by atoms with E-state index in [-0.39, 0.29) is 22.9 Å². The van der Waals surface area contributed by atoms with Gasteiger partial charge in [-0.3, -0.25) is 0 Å². The first kappa shape index (κ1) is 20.6. The summed E-state index contributed by atoms with van der Waals surface area (Å²) in [5.74, 6) is 1.71. The maximum Gasteiger partial charge on any atom is 0.338 e. The van der Waals surface area contributed by atoms with Crippen LogP contribution in [0.25, 0.3) is 0 Å². The first-order valence-corrected chi connectivity index (χ1v) is 11.8. The molecule has 3 saturated carbocycles. The van der Waals surface area contributed by atoms with Gasteiger partial charge in [0.15, 0.2) is 0 Å². The number of carbonyl (C=O) groups is 1. The highest BCUT2D eigenvalue weighted by molar-refractivity contribution is 5.92. The Labute approximate surface area is 184 Å². The van der Waals surface area contributed by atoms with Gasteiger partial charge in [-0.15, -0.1) is 0 Å². The largest absolute Gasteiger partial charge is 0.458 e. The highest BCUT2D eigenvalue weighted by Crippen LogP contribution is 2.64. The molecule has 0 aliphatic heterocycles. The highest BCUT2D eigenvalue weighted by Gasteiger charge is 2.58. The fourth-order valence-corrected chi connectivity index (χ4v) is 7.52. The van der Waals surface area contributed by atoms with Crippen LogP contribution in [0.2, 0.25) is 0 Å². The minimum atomic E-state index is -0.252. The molecule has 31 heavy (non-hydrogen) atoms. The van der Waals surface area contributed by atoms with Gasteiger partial charge in [0.2, 0.25) is 0 Å². The summed E-state index contributed by atoms with van der Waals surface area (Å²) in [5, 5.41) is 13.2. The van der Waals surface area contributed by atoms with E-state index in [0.717, 1.165) is 50.7 Å². The van der Waals surface area contributed by atoms with Crippen LogP contribution < -0.4 is 5.73 Å². The van der Waals surface area contributed by atoms with E-state index in [2.05, 4.69) is 25.1 Å². The summed E-state index contributed by atoms with van der Waals surface area (Å²) >= 11 is 0. The number of benzene rings is 1. The summed E-state index contributed by atoms with van der Waals surface area (Å²) in [6.45, 7) is 4.78. The third kappa shape index (κ3) is 3.19. The summed E-state index contributed by atoms with van der Waals surface area (Å²) in [4.78, 5) is 12.6. The number of nitrogen functional groups attached to an aromatic ring is 1. The predicted octanol–water partition coefficient (Wildman–Crippen LogP) is 5.59. The van der Waals surface area contributed by atoms with Crippen molar-refractivity contribution in [2.24, 2.45) is 33.7 Å². The molecule has 0 spiro atoms. The van der Waals surface area contributed by atoms with Crippen molar-refractivity contribution >= 4 is 17.4 Å². The van der Waals surface area contributed by atoms with E-state index in [1.54, 1.807) is 24.3 Å². The Bertz CT molecular complexity index is 936. The second-order valence-corrected chi connectivity index (χ2v) is 10.7. The van der Waals surface area contributed by atoms with Crippen molar-refractivity contribution in [2.45, 2.75) is 71.3 Å². The summed E-state index contributed by atoms with van der Waals surface area (Å²) < 4.78 is 5.90. The molecule has 3 N–H and O–H groups in total. The second-order valence-electron chi connectivity index (χ2n) is 10.7. The van der Waals surface area contributed by atoms with Gasteiger partial charge < -0.3 is 15.7 Å². The number of hydrogen-bond acceptors (Lipinski definition) is 5. The number of nitrogens with two attached hydrogens (primary N) is 1. The maximum absolute atomic E-state index is 12.6. The number of allylic oxidation sites excluding steroid dienone is 1. The predicted molar refractivity (Wildman–Crippen MR) is 121 cm³/mol. The normalized spacial score (nSPS) is 40.5. The molecule has 166 valence electrons. The van der Waals surface area contributed by atoms with Crippen molar-refractivity contribution in [3.63, 3.8) is 0 Å². The van der Waals surface area contributed by atoms with Gasteiger partial charge in [0.05, 0.1) is 11.3 Å². The van der Waals surface area contributed by atoms with E-state index in [0.29, 0.717) is 29.0 Å². The molecule has 0 heterocycles. The SMILES string of the molecule is C[C@]12CC[C@H](OC(=O)c3ccc(N)cc3)CC1=CCC1C2CC[C@]2(C)/C(=N/O)CCC12. The number of ether oxygens (including phenoxy) is 1. The summed E-state index contributed by atoms with van der Waals surface area (Å²) in [6, 6.07) is 6.95. The molecule has 5 rings (SSSR count). The average Bonchev–Trinajstić information content (AvgIpc) is 3.10. The molecular weight excluding hydrogens is 388 g/mol. The van der Waals surface area contributed by atoms with Gasteiger partial charge >= 0.3 is 5.97 Å². The van der Waals surface area contributed by atoms with Gasteiger partial charge in [-0.1, -0.05) is 30.7 Å². The number of esters is 1. The number of nitrogens with zero attached hydrogens (tertiary/aromatic N) is 1. The van der Waals surface area contributed by atoms with E-state index < -0.39 is 0 Å². The van der Waals surface area contributed by atoms with E-state index >= 15 is 0 Å². The first-order chi connectivity index (χ1) is 14.8. The van der Waals surface area contributed by atoms with Crippen molar-refractivity contribution < 1.29 is 14.7 Å². The van der Waals surface area contributed by atoms with Crippen molar-refractivity contribution in [3.05, 3.63) is 41.5 Å². The lowest BCUT2D eigenvalue weighted by Gasteiger charge is -2.57. The standard InChI is InChI=1S/C26H34N2O3/c1-25-13-11-19(31-24(29)16-3-6-18(27)7-4-16)15-17(25)5-8-20-21-9-10-23(28-30)26(21,2)14-12-22(20)25/h3-7,19-22,30H,8-15,27H2,1-2H3/b28-23+/t19-,20?,21?,22?,25-,26-/m0/s1. The molecule has 4 aliphatic rings. The van der Waals surface area contributed by atoms with E-state index in [9.17, 15) is 10.0 Å². The third-order valence-electron chi connectivity index (χ3n) is 9.34. The van der Waals surface area contributed by atoms with E-state index in [1.807, 2.05) is 0 Å². The molecular formula is C26H34N2O3. The Morgan fingerprint density at radius 1 is 1.10 bits per heavy atom. The zero-order valence-corrected chi connectivity index (χ0v) is 18.6. The highest BCUT2D eigenvalue weighted by atomic mass is 16.5. The van der Waals surface area contributed by atoms with Crippen molar-refractivity contribution in [3.8, 4) is 0 Å².